The Hall–Kier alpha value is -1.52. The molecule has 0 bridgehead atoms. The SMILES string of the molecule is COC(=O)CCS(=O)(=O)NCc1nc(C)c(C(=O)O)s1. The van der Waals surface area contributed by atoms with E-state index in [9.17, 15) is 18.0 Å². The van der Waals surface area contributed by atoms with E-state index in [4.69, 9.17) is 5.11 Å². The zero-order valence-corrected chi connectivity index (χ0v) is 12.5. The molecule has 0 fully saturated rings. The van der Waals surface area contributed by atoms with Crippen LogP contribution in [0.5, 0.6) is 0 Å². The summed E-state index contributed by atoms with van der Waals surface area (Å²) in [7, 11) is -2.47. The number of methoxy groups -OCH3 is 1. The molecule has 0 unspecified atom stereocenters. The minimum Gasteiger partial charge on any atom is -0.477 e. The molecule has 0 radical (unpaired) electrons. The second kappa shape index (κ2) is 6.77. The standard InChI is InChI=1S/C10H14N2O6S2/c1-6-9(10(14)15)19-7(12-6)5-11-20(16,17)4-3-8(13)18-2/h11H,3-5H2,1-2H3,(H,14,15). The van der Waals surface area contributed by atoms with Crippen LogP contribution in [0.25, 0.3) is 0 Å². The molecule has 2 N–H and O–H groups in total. The number of ether oxygens (including phenoxy) is 1. The summed E-state index contributed by atoms with van der Waals surface area (Å²) in [4.78, 5) is 25.7. The van der Waals surface area contributed by atoms with Gasteiger partial charge in [0.15, 0.2) is 0 Å². The van der Waals surface area contributed by atoms with Gasteiger partial charge in [-0.3, -0.25) is 4.79 Å². The second-order valence-electron chi connectivity index (χ2n) is 3.79. The molecule has 1 heterocycles. The monoisotopic (exact) mass is 322 g/mol. The second-order valence-corrected chi connectivity index (χ2v) is 6.80. The molecule has 1 aromatic heterocycles. The summed E-state index contributed by atoms with van der Waals surface area (Å²) in [6.07, 6.45) is -0.247. The van der Waals surface area contributed by atoms with Crippen LogP contribution in [0.3, 0.4) is 0 Å². The molecule has 1 rings (SSSR count). The van der Waals surface area contributed by atoms with Gasteiger partial charge in [0.05, 0.1) is 31.5 Å². The highest BCUT2D eigenvalue weighted by Gasteiger charge is 2.17. The van der Waals surface area contributed by atoms with E-state index in [0.717, 1.165) is 11.3 Å². The number of hydrogen-bond donors (Lipinski definition) is 2. The Labute approximate surface area is 119 Å². The number of thiazole rings is 1. The number of carbonyl (C=O) groups excluding carboxylic acids is 1. The van der Waals surface area contributed by atoms with Gasteiger partial charge in [-0.2, -0.15) is 0 Å². The van der Waals surface area contributed by atoms with Crippen molar-refractivity contribution >= 4 is 33.3 Å². The van der Waals surface area contributed by atoms with E-state index in [1.165, 1.54) is 14.0 Å². The average molecular weight is 322 g/mol. The van der Waals surface area contributed by atoms with E-state index in [1.807, 2.05) is 0 Å². The van der Waals surface area contributed by atoms with Gasteiger partial charge in [0.2, 0.25) is 10.0 Å². The lowest BCUT2D eigenvalue weighted by atomic mass is 10.4. The van der Waals surface area contributed by atoms with Gasteiger partial charge in [-0.1, -0.05) is 0 Å². The fourth-order valence-electron chi connectivity index (χ4n) is 1.29. The molecule has 10 heteroatoms. The Morgan fingerprint density at radius 3 is 2.60 bits per heavy atom. The number of carboxylic acid groups (broad SMARTS) is 1. The molecule has 0 aliphatic rings. The smallest absolute Gasteiger partial charge is 0.347 e. The van der Waals surface area contributed by atoms with Crippen LogP contribution >= 0.6 is 11.3 Å². The molecule has 0 aliphatic carbocycles. The summed E-state index contributed by atoms with van der Waals surface area (Å²) in [5.41, 5.74) is 0.339. The number of aryl methyl sites for hydroxylation is 1. The number of aromatic carboxylic acids is 1. The lowest BCUT2D eigenvalue weighted by Crippen LogP contribution is -2.27. The zero-order valence-electron chi connectivity index (χ0n) is 10.9. The van der Waals surface area contributed by atoms with E-state index >= 15 is 0 Å². The molecule has 0 saturated carbocycles. The van der Waals surface area contributed by atoms with Crippen LogP contribution in [0, 0.1) is 6.92 Å². The van der Waals surface area contributed by atoms with Crippen molar-refractivity contribution in [3.8, 4) is 0 Å². The number of sulfonamides is 1. The number of aromatic nitrogens is 1. The molecule has 0 amide bonds. The number of carbonyl (C=O) groups is 2. The van der Waals surface area contributed by atoms with Crippen LogP contribution in [0.2, 0.25) is 0 Å². The minimum absolute atomic E-state index is 0.0776. The summed E-state index contributed by atoms with van der Waals surface area (Å²) in [5, 5.41) is 9.21. The van der Waals surface area contributed by atoms with E-state index in [0.29, 0.717) is 10.7 Å². The summed E-state index contributed by atoms with van der Waals surface area (Å²) in [6.45, 7) is 1.43. The van der Waals surface area contributed by atoms with Gasteiger partial charge in [0.1, 0.15) is 9.88 Å². The highest BCUT2D eigenvalue weighted by Crippen LogP contribution is 2.17. The fourth-order valence-corrected chi connectivity index (χ4v) is 3.16. The first-order chi connectivity index (χ1) is 9.25. The number of nitrogens with zero attached hydrogens (tertiary/aromatic N) is 1. The van der Waals surface area contributed by atoms with Crippen molar-refractivity contribution in [3.63, 3.8) is 0 Å². The number of hydrogen-bond acceptors (Lipinski definition) is 7. The Bertz CT molecular complexity index is 607. The molecule has 20 heavy (non-hydrogen) atoms. The summed E-state index contributed by atoms with van der Waals surface area (Å²) in [6, 6.07) is 0. The Kier molecular flexibility index (Phi) is 5.60. The average Bonchev–Trinajstić information content (AvgIpc) is 2.75. The van der Waals surface area contributed by atoms with Crippen LogP contribution in [0.15, 0.2) is 0 Å². The van der Waals surface area contributed by atoms with Gasteiger partial charge in [-0.05, 0) is 6.92 Å². The third kappa shape index (κ3) is 4.87. The summed E-state index contributed by atoms with van der Waals surface area (Å²) < 4.78 is 29.8. The highest BCUT2D eigenvalue weighted by atomic mass is 32.2. The van der Waals surface area contributed by atoms with Gasteiger partial charge in [-0.15, -0.1) is 11.3 Å². The lowest BCUT2D eigenvalue weighted by Gasteiger charge is -2.04. The van der Waals surface area contributed by atoms with Crippen LogP contribution in [0.1, 0.15) is 26.8 Å². The minimum atomic E-state index is -3.64. The molecule has 8 nitrogen and oxygen atoms in total. The predicted molar refractivity (Wildman–Crippen MR) is 71.1 cm³/mol. The molecule has 0 aromatic carbocycles. The number of rotatable bonds is 7. The normalized spacial score (nSPS) is 11.3. The highest BCUT2D eigenvalue weighted by molar-refractivity contribution is 7.89. The van der Waals surface area contributed by atoms with Crippen molar-refractivity contribution in [3.05, 3.63) is 15.6 Å². The van der Waals surface area contributed by atoms with Crippen molar-refractivity contribution in [2.75, 3.05) is 12.9 Å². The third-order valence-corrected chi connectivity index (χ3v) is 4.75. The van der Waals surface area contributed by atoms with Crippen molar-refractivity contribution in [2.45, 2.75) is 19.9 Å². The first-order valence-corrected chi connectivity index (χ1v) is 7.96. The van der Waals surface area contributed by atoms with Crippen molar-refractivity contribution in [2.24, 2.45) is 0 Å². The summed E-state index contributed by atoms with van der Waals surface area (Å²) >= 11 is 0.908. The van der Waals surface area contributed by atoms with Crippen LogP contribution in [-0.4, -0.2) is 43.3 Å². The number of esters is 1. The number of carboxylic acids is 1. The van der Waals surface area contributed by atoms with Crippen LogP contribution in [-0.2, 0) is 26.1 Å². The molecule has 0 aliphatic heterocycles. The molecular weight excluding hydrogens is 308 g/mol. The molecule has 0 saturated heterocycles. The fraction of sp³-hybridized carbons (Fsp3) is 0.500. The summed E-state index contributed by atoms with van der Waals surface area (Å²) in [5.74, 6) is -2.11. The van der Waals surface area contributed by atoms with Crippen molar-refractivity contribution in [1.82, 2.24) is 9.71 Å². The van der Waals surface area contributed by atoms with Gasteiger partial charge in [-0.25, -0.2) is 22.9 Å². The molecule has 112 valence electrons. The van der Waals surface area contributed by atoms with E-state index in [-0.39, 0.29) is 17.8 Å². The Morgan fingerprint density at radius 1 is 1.45 bits per heavy atom. The molecule has 1 aromatic rings. The lowest BCUT2D eigenvalue weighted by molar-refractivity contribution is -0.140. The topological polar surface area (TPSA) is 123 Å². The van der Waals surface area contributed by atoms with Gasteiger partial charge in [0.25, 0.3) is 0 Å². The van der Waals surface area contributed by atoms with Crippen molar-refractivity contribution < 1.29 is 27.9 Å². The van der Waals surface area contributed by atoms with Crippen LogP contribution in [0.4, 0.5) is 0 Å². The van der Waals surface area contributed by atoms with Gasteiger partial charge >= 0.3 is 11.9 Å². The maximum atomic E-state index is 11.6. The predicted octanol–water partition coefficient (Wildman–Crippen LogP) is 0.132. The maximum Gasteiger partial charge on any atom is 0.347 e. The van der Waals surface area contributed by atoms with Gasteiger partial charge in [0, 0.05) is 0 Å². The van der Waals surface area contributed by atoms with Gasteiger partial charge < -0.3 is 9.84 Å². The third-order valence-electron chi connectivity index (χ3n) is 2.28. The van der Waals surface area contributed by atoms with E-state index < -0.39 is 27.7 Å². The Balaban J connectivity index is 2.60. The first-order valence-electron chi connectivity index (χ1n) is 5.49. The van der Waals surface area contributed by atoms with E-state index in [2.05, 4.69) is 14.4 Å². The quantitative estimate of drug-likeness (QED) is 0.684. The van der Waals surface area contributed by atoms with E-state index in [1.54, 1.807) is 0 Å². The molecule has 0 atom stereocenters. The first kappa shape index (κ1) is 16.5. The van der Waals surface area contributed by atoms with Crippen LogP contribution < -0.4 is 4.72 Å². The molecular formula is C10H14N2O6S2. The van der Waals surface area contributed by atoms with Crippen molar-refractivity contribution in [1.29, 1.82) is 0 Å². The largest absolute Gasteiger partial charge is 0.477 e. The molecule has 0 spiro atoms. The number of nitrogens with one attached hydrogen (secondary N) is 1. The Morgan fingerprint density at radius 2 is 2.10 bits per heavy atom. The maximum absolute atomic E-state index is 11.6. The zero-order chi connectivity index (χ0) is 15.3.